The first-order valence-electron chi connectivity index (χ1n) is 5.89. The predicted octanol–water partition coefficient (Wildman–Crippen LogP) is 3.13. The van der Waals surface area contributed by atoms with Gasteiger partial charge in [-0.1, -0.05) is 0 Å². The van der Waals surface area contributed by atoms with E-state index in [1.54, 1.807) is 29.4 Å². The van der Waals surface area contributed by atoms with E-state index < -0.39 is 6.43 Å². The average Bonchev–Trinajstić information content (AvgIpc) is 3.05. The number of aliphatic hydroxyl groups excluding tert-OH is 1. The number of rotatable bonds is 3. The zero-order valence-electron chi connectivity index (χ0n) is 10.5. The lowest BCUT2D eigenvalue weighted by Crippen LogP contribution is -1.97. The Kier molecular flexibility index (Phi) is 3.23. The summed E-state index contributed by atoms with van der Waals surface area (Å²) in [7, 11) is 1.76. The Balaban J connectivity index is 2.19. The third kappa shape index (κ3) is 2.08. The molecule has 3 heterocycles. The summed E-state index contributed by atoms with van der Waals surface area (Å²) in [5, 5.41) is 16.0. The van der Waals surface area contributed by atoms with Gasteiger partial charge in [-0.3, -0.25) is 4.68 Å². The molecular weight excluding hydrogens is 284 g/mol. The number of aromatic nitrogens is 3. The summed E-state index contributed by atoms with van der Waals surface area (Å²) in [6.45, 7) is -0.201. The van der Waals surface area contributed by atoms with Crippen molar-refractivity contribution in [3.63, 3.8) is 0 Å². The Morgan fingerprint density at radius 3 is 2.85 bits per heavy atom. The molecule has 3 aromatic rings. The summed E-state index contributed by atoms with van der Waals surface area (Å²) in [6, 6.07) is 3.20. The Morgan fingerprint density at radius 1 is 1.40 bits per heavy atom. The first kappa shape index (κ1) is 13.1. The van der Waals surface area contributed by atoms with Crippen LogP contribution in [0.15, 0.2) is 23.7 Å². The van der Waals surface area contributed by atoms with Crippen LogP contribution in [0.25, 0.3) is 22.3 Å². The van der Waals surface area contributed by atoms with Gasteiger partial charge in [0.25, 0.3) is 6.43 Å². The van der Waals surface area contributed by atoms with Crippen molar-refractivity contribution >= 4 is 22.4 Å². The molecule has 0 aliphatic rings. The number of alkyl halides is 2. The zero-order valence-corrected chi connectivity index (χ0v) is 11.4. The lowest BCUT2D eigenvalue weighted by atomic mass is 10.1. The molecule has 0 saturated heterocycles. The van der Waals surface area contributed by atoms with Gasteiger partial charge < -0.3 is 5.11 Å². The van der Waals surface area contributed by atoms with Crippen LogP contribution in [0.4, 0.5) is 8.78 Å². The number of aryl methyl sites for hydroxylation is 1. The standard InChI is InChI=1S/C13H11F2N3OS/c1-18-13-7(4-16-18)2-8(5-19)11(17-13)9-3-10(12(14)15)20-6-9/h2-4,6,12,19H,5H2,1H3. The zero-order chi connectivity index (χ0) is 14.3. The SMILES string of the molecule is Cn1ncc2cc(CO)c(-c3csc(C(F)F)c3)nc21. The Bertz CT molecular complexity index is 766. The van der Waals surface area contributed by atoms with E-state index in [9.17, 15) is 13.9 Å². The second kappa shape index (κ2) is 4.92. The monoisotopic (exact) mass is 295 g/mol. The number of aliphatic hydroxyl groups is 1. The molecule has 20 heavy (non-hydrogen) atoms. The second-order valence-corrected chi connectivity index (χ2v) is 5.32. The number of thiophene rings is 1. The summed E-state index contributed by atoms with van der Waals surface area (Å²) in [6.07, 6.45) is -0.838. The number of nitrogens with zero attached hydrogens (tertiary/aromatic N) is 3. The van der Waals surface area contributed by atoms with Crippen molar-refractivity contribution in [1.29, 1.82) is 0 Å². The Labute approximate surface area is 117 Å². The quantitative estimate of drug-likeness (QED) is 0.807. The van der Waals surface area contributed by atoms with Crippen LogP contribution in [-0.4, -0.2) is 19.9 Å². The number of hydrogen-bond acceptors (Lipinski definition) is 4. The maximum absolute atomic E-state index is 12.7. The van der Waals surface area contributed by atoms with Crippen molar-refractivity contribution < 1.29 is 13.9 Å². The lowest BCUT2D eigenvalue weighted by Gasteiger charge is -2.05. The average molecular weight is 295 g/mol. The van der Waals surface area contributed by atoms with Gasteiger partial charge in [0.05, 0.1) is 23.4 Å². The minimum atomic E-state index is -2.49. The summed E-state index contributed by atoms with van der Waals surface area (Å²) < 4.78 is 27.0. The van der Waals surface area contributed by atoms with E-state index in [4.69, 9.17) is 0 Å². The smallest absolute Gasteiger partial charge is 0.272 e. The van der Waals surface area contributed by atoms with Crippen molar-refractivity contribution in [2.45, 2.75) is 13.0 Å². The van der Waals surface area contributed by atoms with Gasteiger partial charge in [0.15, 0.2) is 5.65 Å². The van der Waals surface area contributed by atoms with Crippen molar-refractivity contribution in [1.82, 2.24) is 14.8 Å². The molecule has 0 aliphatic heterocycles. The molecule has 3 aromatic heterocycles. The molecule has 1 N–H and O–H groups in total. The van der Waals surface area contributed by atoms with Gasteiger partial charge in [-0.05, 0) is 12.1 Å². The maximum Gasteiger partial charge on any atom is 0.272 e. The summed E-state index contributed by atoms with van der Waals surface area (Å²) in [4.78, 5) is 4.45. The highest BCUT2D eigenvalue weighted by atomic mass is 32.1. The molecule has 4 nitrogen and oxygen atoms in total. The molecule has 7 heteroatoms. The maximum atomic E-state index is 12.7. The Morgan fingerprint density at radius 2 is 2.20 bits per heavy atom. The van der Waals surface area contributed by atoms with Crippen LogP contribution in [0, 0.1) is 0 Å². The normalized spacial score (nSPS) is 11.7. The molecule has 0 atom stereocenters. The molecular formula is C13H11F2N3OS. The number of pyridine rings is 1. The highest BCUT2D eigenvalue weighted by Gasteiger charge is 2.16. The van der Waals surface area contributed by atoms with E-state index in [-0.39, 0.29) is 11.5 Å². The van der Waals surface area contributed by atoms with Crippen LogP contribution in [0.1, 0.15) is 16.9 Å². The van der Waals surface area contributed by atoms with E-state index in [2.05, 4.69) is 10.1 Å². The van der Waals surface area contributed by atoms with Crippen LogP contribution in [-0.2, 0) is 13.7 Å². The van der Waals surface area contributed by atoms with Crippen LogP contribution in [0.3, 0.4) is 0 Å². The van der Waals surface area contributed by atoms with E-state index in [0.29, 0.717) is 22.5 Å². The fourth-order valence-electron chi connectivity index (χ4n) is 2.08. The topological polar surface area (TPSA) is 50.9 Å². The van der Waals surface area contributed by atoms with Gasteiger partial charge in [-0.25, -0.2) is 13.8 Å². The number of fused-ring (bicyclic) bond motifs is 1. The molecule has 0 saturated carbocycles. The second-order valence-electron chi connectivity index (χ2n) is 4.37. The lowest BCUT2D eigenvalue weighted by molar-refractivity contribution is 0.155. The molecule has 0 amide bonds. The third-order valence-corrected chi connectivity index (χ3v) is 4.00. The molecule has 104 valence electrons. The molecule has 3 rings (SSSR count). The van der Waals surface area contributed by atoms with Crippen molar-refractivity contribution in [2.24, 2.45) is 7.05 Å². The van der Waals surface area contributed by atoms with Gasteiger partial charge in [-0.15, -0.1) is 11.3 Å². The van der Waals surface area contributed by atoms with Gasteiger partial charge in [0, 0.05) is 28.9 Å². The summed E-state index contributed by atoms with van der Waals surface area (Å²) in [5.74, 6) is 0. The van der Waals surface area contributed by atoms with Crippen LogP contribution in [0.5, 0.6) is 0 Å². The van der Waals surface area contributed by atoms with Crippen molar-refractivity contribution in [3.8, 4) is 11.3 Å². The third-order valence-electron chi connectivity index (χ3n) is 3.06. The van der Waals surface area contributed by atoms with Crippen LogP contribution in [0.2, 0.25) is 0 Å². The van der Waals surface area contributed by atoms with Crippen LogP contribution >= 0.6 is 11.3 Å². The van der Waals surface area contributed by atoms with E-state index in [1.165, 1.54) is 6.07 Å². The summed E-state index contributed by atoms with van der Waals surface area (Å²) in [5.41, 5.74) is 2.37. The van der Waals surface area contributed by atoms with E-state index in [0.717, 1.165) is 16.7 Å². The van der Waals surface area contributed by atoms with Gasteiger partial charge >= 0.3 is 0 Å². The highest BCUT2D eigenvalue weighted by Crippen LogP contribution is 2.33. The first-order chi connectivity index (χ1) is 9.60. The fourth-order valence-corrected chi connectivity index (χ4v) is 2.82. The van der Waals surface area contributed by atoms with Gasteiger partial charge in [0.1, 0.15) is 0 Å². The molecule has 0 unspecified atom stereocenters. The van der Waals surface area contributed by atoms with E-state index in [1.807, 2.05) is 0 Å². The summed E-state index contributed by atoms with van der Waals surface area (Å²) >= 11 is 0.989. The minimum absolute atomic E-state index is 0.00390. The molecule has 0 spiro atoms. The molecule has 0 bridgehead atoms. The largest absolute Gasteiger partial charge is 0.392 e. The fraction of sp³-hybridized carbons (Fsp3) is 0.231. The number of halogens is 2. The van der Waals surface area contributed by atoms with Crippen LogP contribution < -0.4 is 0 Å². The Hall–Kier alpha value is -1.86. The van der Waals surface area contributed by atoms with Crippen molar-refractivity contribution in [3.05, 3.63) is 34.2 Å². The van der Waals surface area contributed by atoms with E-state index >= 15 is 0 Å². The predicted molar refractivity (Wildman–Crippen MR) is 72.7 cm³/mol. The highest BCUT2D eigenvalue weighted by molar-refractivity contribution is 7.10. The number of hydrogen-bond donors (Lipinski definition) is 1. The molecule has 0 radical (unpaired) electrons. The van der Waals surface area contributed by atoms with Gasteiger partial charge in [-0.2, -0.15) is 5.10 Å². The molecule has 0 aliphatic carbocycles. The molecule has 0 fully saturated rings. The molecule has 0 aromatic carbocycles. The van der Waals surface area contributed by atoms with Gasteiger partial charge in [0.2, 0.25) is 0 Å². The minimum Gasteiger partial charge on any atom is -0.392 e. The van der Waals surface area contributed by atoms with Crippen molar-refractivity contribution in [2.75, 3.05) is 0 Å². The first-order valence-corrected chi connectivity index (χ1v) is 6.77.